The third kappa shape index (κ3) is 2.66. The Morgan fingerprint density at radius 3 is 2.50 bits per heavy atom. The maximum atomic E-state index is 14.6. The summed E-state index contributed by atoms with van der Waals surface area (Å²) >= 11 is 6.09. The van der Waals surface area contributed by atoms with E-state index in [1.54, 1.807) is 24.3 Å². The third-order valence-electron chi connectivity index (χ3n) is 3.86. The highest BCUT2D eigenvalue weighted by atomic mass is 35.5. The van der Waals surface area contributed by atoms with Gasteiger partial charge in [0.25, 0.3) is 0 Å². The second kappa shape index (κ2) is 5.45. The van der Waals surface area contributed by atoms with Gasteiger partial charge in [0.15, 0.2) is 11.6 Å². The molecule has 1 aliphatic rings. The van der Waals surface area contributed by atoms with Gasteiger partial charge in [0.05, 0.1) is 5.02 Å². The van der Waals surface area contributed by atoms with Crippen molar-refractivity contribution in [1.82, 2.24) is 0 Å². The lowest BCUT2D eigenvalue weighted by molar-refractivity contribution is 0.433. The number of hydrogen-bond acceptors (Lipinski definition) is 1. The number of benzene rings is 2. The molecule has 0 heterocycles. The zero-order valence-electron chi connectivity index (χ0n) is 11.3. The van der Waals surface area contributed by atoms with Crippen LogP contribution in [0.15, 0.2) is 42.5 Å². The van der Waals surface area contributed by atoms with Crippen LogP contribution < -0.4 is 4.74 Å². The summed E-state index contributed by atoms with van der Waals surface area (Å²) in [4.78, 5) is 0. The lowest BCUT2D eigenvalue weighted by atomic mass is 9.95. The number of ether oxygens (including phenoxy) is 1. The van der Waals surface area contributed by atoms with Crippen LogP contribution in [0.4, 0.5) is 4.39 Å². The Balaban J connectivity index is 1.95. The summed E-state index contributed by atoms with van der Waals surface area (Å²) in [5.41, 5.74) is 0.697. The average molecular weight is 291 g/mol. The van der Waals surface area contributed by atoms with E-state index in [1.165, 1.54) is 12.8 Å². The van der Waals surface area contributed by atoms with E-state index in [-0.39, 0.29) is 17.5 Å². The van der Waals surface area contributed by atoms with E-state index in [0.717, 1.165) is 0 Å². The SMILES string of the molecule is C[C@@H](c1ccc(Cl)c(Oc2ccccc2)c1F)C1CC1. The van der Waals surface area contributed by atoms with Crippen molar-refractivity contribution < 1.29 is 9.13 Å². The zero-order valence-corrected chi connectivity index (χ0v) is 12.0. The van der Waals surface area contributed by atoms with Crippen LogP contribution in [0.5, 0.6) is 11.5 Å². The first-order valence-corrected chi connectivity index (χ1v) is 7.25. The summed E-state index contributed by atoms with van der Waals surface area (Å²) in [5.74, 6) is 1.19. The van der Waals surface area contributed by atoms with E-state index in [9.17, 15) is 4.39 Å². The average Bonchev–Trinajstić information content (AvgIpc) is 3.28. The van der Waals surface area contributed by atoms with Gasteiger partial charge in [-0.3, -0.25) is 0 Å². The number of halogens is 2. The van der Waals surface area contributed by atoms with Gasteiger partial charge < -0.3 is 4.74 Å². The summed E-state index contributed by atoms with van der Waals surface area (Å²) in [6.45, 7) is 2.07. The quantitative estimate of drug-likeness (QED) is 0.693. The molecule has 1 fully saturated rings. The molecule has 1 aliphatic carbocycles. The molecular formula is C17H16ClFO. The van der Waals surface area contributed by atoms with E-state index < -0.39 is 0 Å². The molecule has 2 aromatic rings. The lowest BCUT2D eigenvalue weighted by Crippen LogP contribution is -2.01. The maximum Gasteiger partial charge on any atom is 0.181 e. The minimum Gasteiger partial charge on any atom is -0.453 e. The van der Waals surface area contributed by atoms with Gasteiger partial charge in [0.1, 0.15) is 5.75 Å². The van der Waals surface area contributed by atoms with Gasteiger partial charge in [-0.05, 0) is 48.4 Å². The van der Waals surface area contributed by atoms with Crippen molar-refractivity contribution in [2.75, 3.05) is 0 Å². The normalized spacial score (nSPS) is 15.9. The molecule has 0 unspecified atom stereocenters. The molecule has 0 aromatic heterocycles. The molecule has 0 bridgehead atoms. The zero-order chi connectivity index (χ0) is 14.1. The molecule has 3 rings (SSSR count). The second-order valence-electron chi connectivity index (χ2n) is 5.32. The number of para-hydroxylation sites is 1. The second-order valence-corrected chi connectivity index (χ2v) is 5.73. The largest absolute Gasteiger partial charge is 0.453 e. The Bertz CT molecular complexity index is 608. The van der Waals surface area contributed by atoms with Gasteiger partial charge >= 0.3 is 0 Å². The van der Waals surface area contributed by atoms with Crippen molar-refractivity contribution >= 4 is 11.6 Å². The van der Waals surface area contributed by atoms with E-state index in [0.29, 0.717) is 22.3 Å². The molecule has 0 saturated heterocycles. The van der Waals surface area contributed by atoms with Gasteiger partial charge in [-0.1, -0.05) is 42.8 Å². The highest BCUT2D eigenvalue weighted by Gasteiger charge is 2.31. The molecule has 0 radical (unpaired) electrons. The molecule has 20 heavy (non-hydrogen) atoms. The van der Waals surface area contributed by atoms with Crippen molar-refractivity contribution in [3.8, 4) is 11.5 Å². The molecular weight excluding hydrogens is 275 g/mol. The fraction of sp³-hybridized carbons (Fsp3) is 0.294. The molecule has 0 spiro atoms. The molecule has 3 heteroatoms. The first kappa shape index (κ1) is 13.4. The monoisotopic (exact) mass is 290 g/mol. The van der Waals surface area contributed by atoms with Crippen LogP contribution in [-0.4, -0.2) is 0 Å². The van der Waals surface area contributed by atoms with E-state index in [1.807, 2.05) is 18.2 Å². The molecule has 1 nitrogen and oxygen atoms in total. The molecule has 1 saturated carbocycles. The van der Waals surface area contributed by atoms with Gasteiger partial charge in [0, 0.05) is 0 Å². The van der Waals surface area contributed by atoms with Crippen molar-refractivity contribution in [2.45, 2.75) is 25.7 Å². The predicted molar refractivity (Wildman–Crippen MR) is 79.1 cm³/mol. The highest BCUT2D eigenvalue weighted by molar-refractivity contribution is 6.32. The Hall–Kier alpha value is -1.54. The molecule has 0 amide bonds. The Kier molecular flexibility index (Phi) is 3.66. The summed E-state index contributed by atoms with van der Waals surface area (Å²) in [7, 11) is 0. The minimum atomic E-state index is -0.333. The van der Waals surface area contributed by atoms with Crippen molar-refractivity contribution in [1.29, 1.82) is 0 Å². The van der Waals surface area contributed by atoms with Gasteiger partial charge in [-0.2, -0.15) is 0 Å². The van der Waals surface area contributed by atoms with Crippen molar-refractivity contribution in [3.63, 3.8) is 0 Å². The van der Waals surface area contributed by atoms with Crippen LogP contribution in [0.1, 0.15) is 31.2 Å². The standard InChI is InChI=1S/C17H16ClFO/c1-11(12-7-8-12)14-9-10-15(18)17(16(14)19)20-13-5-3-2-4-6-13/h2-6,9-12H,7-8H2,1H3/t11-/m1/s1. The van der Waals surface area contributed by atoms with Gasteiger partial charge in [-0.25, -0.2) is 4.39 Å². The first-order valence-electron chi connectivity index (χ1n) is 6.87. The minimum absolute atomic E-state index is 0.128. The van der Waals surface area contributed by atoms with Crippen LogP contribution >= 0.6 is 11.6 Å². The summed E-state index contributed by atoms with van der Waals surface area (Å²) in [6.07, 6.45) is 2.36. The van der Waals surface area contributed by atoms with Crippen LogP contribution in [0, 0.1) is 11.7 Å². The van der Waals surface area contributed by atoms with Crippen molar-refractivity contribution in [2.24, 2.45) is 5.92 Å². The molecule has 104 valence electrons. The Labute approximate surface area is 123 Å². The number of rotatable bonds is 4. The van der Waals surface area contributed by atoms with E-state index >= 15 is 0 Å². The molecule has 1 atom stereocenters. The Morgan fingerprint density at radius 1 is 1.15 bits per heavy atom. The van der Waals surface area contributed by atoms with Crippen LogP contribution in [0.25, 0.3) is 0 Å². The topological polar surface area (TPSA) is 9.23 Å². The van der Waals surface area contributed by atoms with E-state index in [2.05, 4.69) is 6.92 Å². The van der Waals surface area contributed by atoms with Gasteiger partial charge in [-0.15, -0.1) is 0 Å². The van der Waals surface area contributed by atoms with Crippen LogP contribution in [-0.2, 0) is 0 Å². The number of hydrogen-bond donors (Lipinski definition) is 0. The fourth-order valence-electron chi connectivity index (χ4n) is 2.45. The summed E-state index contributed by atoms with van der Waals surface area (Å²) in [6, 6.07) is 12.6. The first-order chi connectivity index (χ1) is 9.66. The molecule has 0 N–H and O–H groups in total. The van der Waals surface area contributed by atoms with E-state index in [4.69, 9.17) is 16.3 Å². The van der Waals surface area contributed by atoms with Crippen LogP contribution in [0.3, 0.4) is 0 Å². The highest BCUT2D eigenvalue weighted by Crippen LogP contribution is 2.45. The maximum absolute atomic E-state index is 14.6. The smallest absolute Gasteiger partial charge is 0.181 e. The van der Waals surface area contributed by atoms with Gasteiger partial charge in [0.2, 0.25) is 0 Å². The summed E-state index contributed by atoms with van der Waals surface area (Å²) in [5, 5.41) is 0.304. The third-order valence-corrected chi connectivity index (χ3v) is 4.16. The molecule has 2 aromatic carbocycles. The van der Waals surface area contributed by atoms with Crippen molar-refractivity contribution in [3.05, 3.63) is 58.9 Å². The Morgan fingerprint density at radius 2 is 1.85 bits per heavy atom. The molecule has 0 aliphatic heterocycles. The predicted octanol–water partition coefficient (Wildman–Crippen LogP) is 5.78. The van der Waals surface area contributed by atoms with Crippen LogP contribution in [0.2, 0.25) is 5.02 Å². The summed E-state index contributed by atoms with van der Waals surface area (Å²) < 4.78 is 20.3. The lowest BCUT2D eigenvalue weighted by Gasteiger charge is -2.16. The fourth-order valence-corrected chi connectivity index (χ4v) is 2.63.